The minimum absolute atomic E-state index is 0. The van der Waals surface area contributed by atoms with Crippen molar-refractivity contribution in [3.8, 4) is 5.75 Å². The molecule has 1 aromatic heterocycles. The molecule has 10 heteroatoms. The van der Waals surface area contributed by atoms with Crippen molar-refractivity contribution in [1.82, 2.24) is 20.3 Å². The lowest BCUT2D eigenvalue weighted by Gasteiger charge is -2.23. The van der Waals surface area contributed by atoms with E-state index in [9.17, 15) is 13.6 Å². The minimum Gasteiger partial charge on any atom is -0.491 e. The van der Waals surface area contributed by atoms with E-state index in [-0.39, 0.29) is 29.8 Å². The monoisotopic (exact) mass is 387 g/mol. The Balaban J connectivity index is 0.00000243. The highest BCUT2D eigenvalue weighted by molar-refractivity contribution is 6.03. The van der Waals surface area contributed by atoms with Crippen molar-refractivity contribution in [3.05, 3.63) is 35.2 Å². The van der Waals surface area contributed by atoms with Crippen LogP contribution in [0.25, 0.3) is 0 Å². The molecule has 0 unspecified atom stereocenters. The largest absolute Gasteiger partial charge is 0.491 e. The van der Waals surface area contributed by atoms with Crippen molar-refractivity contribution in [2.24, 2.45) is 0 Å². The summed E-state index contributed by atoms with van der Waals surface area (Å²) in [5.74, 6) is -2.85. The normalized spacial score (nSPS) is 14.6. The summed E-state index contributed by atoms with van der Waals surface area (Å²) in [4.78, 5) is 12.4. The van der Waals surface area contributed by atoms with Crippen LogP contribution in [0.1, 0.15) is 35.1 Å². The van der Waals surface area contributed by atoms with E-state index in [1.807, 2.05) is 0 Å². The van der Waals surface area contributed by atoms with Gasteiger partial charge in [-0.1, -0.05) is 5.21 Å². The molecule has 0 saturated carbocycles. The number of anilines is 1. The second-order valence-corrected chi connectivity index (χ2v) is 5.88. The number of nitrogens with zero attached hydrogens (tertiary/aromatic N) is 3. The van der Waals surface area contributed by atoms with Gasteiger partial charge in [-0.25, -0.2) is 13.5 Å². The van der Waals surface area contributed by atoms with E-state index in [0.29, 0.717) is 5.69 Å². The van der Waals surface area contributed by atoms with Gasteiger partial charge in [0.15, 0.2) is 23.1 Å². The molecule has 2 N–H and O–H groups in total. The first kappa shape index (κ1) is 20.1. The van der Waals surface area contributed by atoms with E-state index in [1.54, 1.807) is 11.6 Å². The van der Waals surface area contributed by atoms with Gasteiger partial charge in [0.2, 0.25) is 0 Å². The van der Waals surface area contributed by atoms with Crippen LogP contribution in [-0.4, -0.2) is 41.1 Å². The molecule has 1 aliphatic rings. The summed E-state index contributed by atoms with van der Waals surface area (Å²) < 4.78 is 33.8. The molecule has 26 heavy (non-hydrogen) atoms. The van der Waals surface area contributed by atoms with Crippen molar-refractivity contribution < 1.29 is 18.3 Å². The predicted molar refractivity (Wildman–Crippen MR) is 94.0 cm³/mol. The molecule has 0 atom stereocenters. The van der Waals surface area contributed by atoms with Gasteiger partial charge in [0.25, 0.3) is 5.91 Å². The van der Waals surface area contributed by atoms with Crippen molar-refractivity contribution in [2.75, 3.05) is 25.5 Å². The van der Waals surface area contributed by atoms with Crippen LogP contribution in [0.4, 0.5) is 14.5 Å². The van der Waals surface area contributed by atoms with Gasteiger partial charge in [0.05, 0.1) is 18.8 Å². The van der Waals surface area contributed by atoms with Crippen molar-refractivity contribution >= 4 is 24.0 Å². The molecule has 0 bridgehead atoms. The highest BCUT2D eigenvalue weighted by Crippen LogP contribution is 2.26. The molecule has 1 amide bonds. The molecule has 2 aromatic rings. The predicted octanol–water partition coefficient (Wildman–Crippen LogP) is 2.47. The van der Waals surface area contributed by atoms with Crippen LogP contribution in [0.3, 0.4) is 0 Å². The zero-order valence-electron chi connectivity index (χ0n) is 14.4. The second-order valence-electron chi connectivity index (χ2n) is 5.88. The lowest BCUT2D eigenvalue weighted by Crippen LogP contribution is -2.30. The molecule has 1 saturated heterocycles. The maximum absolute atomic E-state index is 13.7. The number of ether oxygens (including phenoxy) is 1. The number of hydrogen-bond acceptors (Lipinski definition) is 5. The standard InChI is InChI=1S/C16H19F2N5O2.ClH/c1-9-14(21-22-23(9)11-3-5-19-6-4-11)16(24)20-10-7-12(17)15(25-2)13(18)8-10;/h7-8,11,19H,3-6H2,1-2H3,(H,20,24);1H. The zero-order valence-corrected chi connectivity index (χ0v) is 15.2. The van der Waals surface area contributed by atoms with Crippen molar-refractivity contribution in [2.45, 2.75) is 25.8 Å². The summed E-state index contributed by atoms with van der Waals surface area (Å²) in [6.45, 7) is 3.53. The SMILES string of the molecule is COc1c(F)cc(NC(=O)c2nnn(C3CCNCC3)c2C)cc1F.Cl. The van der Waals surface area contributed by atoms with E-state index in [4.69, 9.17) is 0 Å². The van der Waals surface area contributed by atoms with Gasteiger partial charge < -0.3 is 15.4 Å². The summed E-state index contributed by atoms with van der Waals surface area (Å²) in [5.41, 5.74) is 0.741. The third kappa shape index (κ3) is 3.94. The second kappa shape index (κ2) is 8.41. The third-order valence-corrected chi connectivity index (χ3v) is 4.26. The number of aromatic nitrogens is 3. The Morgan fingerprint density at radius 3 is 2.50 bits per heavy atom. The molecular formula is C16H20ClF2N5O2. The first-order chi connectivity index (χ1) is 12.0. The topological polar surface area (TPSA) is 81.1 Å². The highest BCUT2D eigenvalue weighted by Gasteiger charge is 2.23. The number of halogens is 3. The fourth-order valence-corrected chi connectivity index (χ4v) is 2.97. The van der Waals surface area contributed by atoms with Crippen LogP contribution in [0.2, 0.25) is 0 Å². The lowest BCUT2D eigenvalue weighted by atomic mass is 10.1. The highest BCUT2D eigenvalue weighted by atomic mass is 35.5. The van der Waals surface area contributed by atoms with Crippen LogP contribution in [-0.2, 0) is 0 Å². The summed E-state index contributed by atoms with van der Waals surface area (Å²) in [6, 6.07) is 2.17. The number of benzene rings is 1. The smallest absolute Gasteiger partial charge is 0.278 e. The van der Waals surface area contributed by atoms with Crippen LogP contribution in [0.5, 0.6) is 5.75 Å². The van der Waals surface area contributed by atoms with E-state index in [1.165, 1.54) is 7.11 Å². The average Bonchev–Trinajstić information content (AvgIpc) is 2.97. The van der Waals surface area contributed by atoms with Gasteiger partial charge in [-0.2, -0.15) is 0 Å². The van der Waals surface area contributed by atoms with Crippen molar-refractivity contribution in [3.63, 3.8) is 0 Å². The Kier molecular flexibility index (Phi) is 6.49. The van der Waals surface area contributed by atoms with Gasteiger partial charge in [-0.3, -0.25) is 4.79 Å². The Bertz CT molecular complexity index is 770. The van der Waals surface area contributed by atoms with Crippen LogP contribution >= 0.6 is 12.4 Å². The first-order valence-corrected chi connectivity index (χ1v) is 7.98. The minimum atomic E-state index is -0.895. The first-order valence-electron chi connectivity index (χ1n) is 7.98. The van der Waals surface area contributed by atoms with E-state index in [0.717, 1.165) is 38.1 Å². The van der Waals surface area contributed by atoms with E-state index < -0.39 is 23.3 Å². The van der Waals surface area contributed by atoms with Gasteiger partial charge in [-0.05, 0) is 32.9 Å². The molecular weight excluding hydrogens is 368 g/mol. The molecule has 0 spiro atoms. The molecule has 2 heterocycles. The van der Waals surface area contributed by atoms with Crippen LogP contribution in [0, 0.1) is 18.6 Å². The zero-order chi connectivity index (χ0) is 18.0. The van der Waals surface area contributed by atoms with Crippen LogP contribution < -0.4 is 15.4 Å². The molecule has 1 aromatic carbocycles. The Labute approximate surface area is 155 Å². The fraction of sp³-hybridized carbons (Fsp3) is 0.438. The van der Waals surface area contributed by atoms with Gasteiger partial charge in [0.1, 0.15) is 0 Å². The molecule has 142 valence electrons. The Hall–Kier alpha value is -2.26. The summed E-state index contributed by atoms with van der Waals surface area (Å²) in [7, 11) is 1.17. The lowest BCUT2D eigenvalue weighted by molar-refractivity contribution is 0.102. The molecule has 3 rings (SSSR count). The number of piperidine rings is 1. The van der Waals surface area contributed by atoms with Crippen molar-refractivity contribution in [1.29, 1.82) is 0 Å². The summed E-state index contributed by atoms with van der Waals surface area (Å²) in [6.07, 6.45) is 1.81. The Morgan fingerprint density at radius 1 is 1.31 bits per heavy atom. The maximum atomic E-state index is 13.7. The number of rotatable bonds is 4. The van der Waals surface area contributed by atoms with Crippen LogP contribution in [0.15, 0.2) is 12.1 Å². The molecule has 1 fully saturated rings. The quantitative estimate of drug-likeness (QED) is 0.842. The number of methoxy groups -OCH3 is 1. The average molecular weight is 388 g/mol. The number of carbonyl (C=O) groups is 1. The third-order valence-electron chi connectivity index (χ3n) is 4.26. The van der Waals surface area contributed by atoms with Gasteiger partial charge in [0, 0.05) is 17.8 Å². The summed E-state index contributed by atoms with van der Waals surface area (Å²) in [5, 5.41) is 13.7. The number of nitrogens with one attached hydrogen (secondary N) is 2. The molecule has 1 aliphatic heterocycles. The molecule has 0 aliphatic carbocycles. The molecule has 7 nitrogen and oxygen atoms in total. The number of hydrogen-bond donors (Lipinski definition) is 2. The maximum Gasteiger partial charge on any atom is 0.278 e. The van der Waals surface area contributed by atoms with Gasteiger partial charge in [-0.15, -0.1) is 17.5 Å². The summed E-state index contributed by atoms with van der Waals surface area (Å²) >= 11 is 0. The molecule has 0 radical (unpaired) electrons. The number of carbonyl (C=O) groups excluding carboxylic acids is 1. The number of amides is 1. The van der Waals surface area contributed by atoms with E-state index >= 15 is 0 Å². The Morgan fingerprint density at radius 2 is 1.92 bits per heavy atom. The van der Waals surface area contributed by atoms with Gasteiger partial charge >= 0.3 is 0 Å². The van der Waals surface area contributed by atoms with E-state index in [2.05, 4.69) is 25.7 Å². The fourth-order valence-electron chi connectivity index (χ4n) is 2.97.